The second kappa shape index (κ2) is 7.40. The minimum absolute atomic E-state index is 0.210. The fourth-order valence-electron chi connectivity index (χ4n) is 3.31. The third-order valence-corrected chi connectivity index (χ3v) is 4.74. The van der Waals surface area contributed by atoms with E-state index in [1.54, 1.807) is 6.08 Å². The number of carboxylic acids is 1. The first-order valence-corrected chi connectivity index (χ1v) is 8.77. The molecule has 2 rings (SSSR count). The molecule has 0 spiro atoms. The lowest BCUT2D eigenvalue weighted by atomic mass is 9.85. The molecule has 0 saturated carbocycles. The minimum atomic E-state index is -0.857. The number of hydrogen-bond donors (Lipinski definition) is 2. The van der Waals surface area contributed by atoms with Gasteiger partial charge in [-0.15, -0.1) is 0 Å². The highest BCUT2D eigenvalue weighted by Crippen LogP contribution is 2.29. The van der Waals surface area contributed by atoms with Gasteiger partial charge in [-0.05, 0) is 58.6 Å². The van der Waals surface area contributed by atoms with Crippen molar-refractivity contribution in [3.63, 3.8) is 0 Å². The van der Waals surface area contributed by atoms with Crippen molar-refractivity contribution in [1.29, 1.82) is 0 Å². The molecule has 0 bridgehead atoms. The van der Waals surface area contributed by atoms with Gasteiger partial charge in [0.25, 0.3) is 0 Å². The Morgan fingerprint density at radius 2 is 1.68 bits per heavy atom. The van der Waals surface area contributed by atoms with E-state index in [1.165, 1.54) is 11.1 Å². The molecular formula is C22H29NO2. The Morgan fingerprint density at radius 1 is 1.00 bits per heavy atom. The highest BCUT2D eigenvalue weighted by molar-refractivity contribution is 5.87. The highest BCUT2D eigenvalue weighted by atomic mass is 16.4. The summed E-state index contributed by atoms with van der Waals surface area (Å²) in [7, 11) is 0. The van der Waals surface area contributed by atoms with E-state index in [-0.39, 0.29) is 11.1 Å². The van der Waals surface area contributed by atoms with Crippen LogP contribution in [0.3, 0.4) is 0 Å². The summed E-state index contributed by atoms with van der Waals surface area (Å²) in [6, 6.07) is 0. The maximum absolute atomic E-state index is 11.2. The number of aliphatic carboxylic acids is 1. The van der Waals surface area contributed by atoms with Crippen molar-refractivity contribution in [3.8, 4) is 0 Å². The molecule has 0 amide bonds. The third-order valence-electron chi connectivity index (χ3n) is 4.74. The quantitative estimate of drug-likeness (QED) is 0.752. The largest absolute Gasteiger partial charge is 0.478 e. The van der Waals surface area contributed by atoms with E-state index in [2.05, 4.69) is 64.2 Å². The number of allylic oxidation sites excluding steroid dienone is 7. The number of carboxylic acid groups (broad SMARTS) is 1. The Balaban J connectivity index is 2.24. The Hall–Kier alpha value is -2.13. The van der Waals surface area contributed by atoms with Gasteiger partial charge in [-0.3, -0.25) is 5.32 Å². The molecule has 25 heavy (non-hydrogen) atoms. The molecule has 0 aromatic carbocycles. The van der Waals surface area contributed by atoms with Gasteiger partial charge >= 0.3 is 5.97 Å². The molecule has 3 heteroatoms. The van der Waals surface area contributed by atoms with Crippen LogP contribution in [0.1, 0.15) is 47.5 Å². The minimum Gasteiger partial charge on any atom is -0.478 e. The van der Waals surface area contributed by atoms with Gasteiger partial charge in [0.15, 0.2) is 0 Å². The summed E-state index contributed by atoms with van der Waals surface area (Å²) in [4.78, 5) is 11.2. The molecule has 0 aliphatic heterocycles. The molecule has 0 atom stereocenters. The summed E-state index contributed by atoms with van der Waals surface area (Å²) in [5, 5.41) is 12.9. The molecule has 2 aliphatic rings. The van der Waals surface area contributed by atoms with Crippen LogP contribution < -0.4 is 5.32 Å². The second-order valence-electron chi connectivity index (χ2n) is 7.84. The van der Waals surface area contributed by atoms with Crippen LogP contribution in [-0.2, 0) is 4.79 Å². The monoisotopic (exact) mass is 339 g/mol. The number of hydrogen-bond acceptors (Lipinski definition) is 2. The van der Waals surface area contributed by atoms with Crippen molar-refractivity contribution < 1.29 is 9.90 Å². The van der Waals surface area contributed by atoms with Gasteiger partial charge in [-0.25, -0.2) is 4.79 Å². The fraction of sp³-hybridized carbons (Fsp3) is 0.409. The molecule has 2 aliphatic carbocycles. The first kappa shape index (κ1) is 19.2. The van der Waals surface area contributed by atoms with Gasteiger partial charge in [-0.1, -0.05) is 54.2 Å². The second-order valence-corrected chi connectivity index (χ2v) is 7.84. The summed E-state index contributed by atoms with van der Waals surface area (Å²) in [6.45, 7) is 10.8. The van der Waals surface area contributed by atoms with Crippen molar-refractivity contribution in [3.05, 3.63) is 70.9 Å². The standard InChI is InChI=1S/C22H29NO2/c1-16-8-6-10-18(14-12-16)21(2,3)23-22(4,5)19-11-7-9-17(13-15-19)20(24)25/h6-8,10-11,13-15,23H,9,12H2,1-5H3,(H,24,25). The van der Waals surface area contributed by atoms with E-state index >= 15 is 0 Å². The first-order chi connectivity index (χ1) is 11.6. The molecular weight excluding hydrogens is 310 g/mol. The molecule has 0 heterocycles. The zero-order chi connectivity index (χ0) is 18.7. The lowest BCUT2D eigenvalue weighted by Gasteiger charge is -2.39. The van der Waals surface area contributed by atoms with E-state index in [4.69, 9.17) is 0 Å². The van der Waals surface area contributed by atoms with Crippen LogP contribution in [0.5, 0.6) is 0 Å². The van der Waals surface area contributed by atoms with Crippen LogP contribution in [0.2, 0.25) is 0 Å². The number of carbonyl (C=O) groups is 1. The summed E-state index contributed by atoms with van der Waals surface area (Å²) in [6.07, 6.45) is 17.7. The maximum atomic E-state index is 11.2. The predicted molar refractivity (Wildman–Crippen MR) is 104 cm³/mol. The average molecular weight is 339 g/mol. The molecule has 0 saturated heterocycles. The normalized spacial score (nSPS) is 18.6. The summed E-state index contributed by atoms with van der Waals surface area (Å²) < 4.78 is 0. The van der Waals surface area contributed by atoms with E-state index in [1.807, 2.05) is 18.2 Å². The topological polar surface area (TPSA) is 49.3 Å². The first-order valence-electron chi connectivity index (χ1n) is 8.77. The van der Waals surface area contributed by atoms with Gasteiger partial charge in [0.1, 0.15) is 0 Å². The highest BCUT2D eigenvalue weighted by Gasteiger charge is 2.31. The summed E-state index contributed by atoms with van der Waals surface area (Å²) in [5.41, 5.74) is 3.59. The lowest BCUT2D eigenvalue weighted by molar-refractivity contribution is -0.132. The number of nitrogens with one attached hydrogen (secondary N) is 1. The summed E-state index contributed by atoms with van der Waals surface area (Å²) >= 11 is 0. The van der Waals surface area contributed by atoms with Crippen molar-refractivity contribution in [2.24, 2.45) is 0 Å². The van der Waals surface area contributed by atoms with Crippen LogP contribution in [-0.4, -0.2) is 22.2 Å². The van der Waals surface area contributed by atoms with E-state index < -0.39 is 5.97 Å². The van der Waals surface area contributed by atoms with Crippen molar-refractivity contribution in [2.75, 3.05) is 0 Å². The summed E-state index contributed by atoms with van der Waals surface area (Å²) in [5.74, 6) is -0.857. The molecule has 0 aromatic heterocycles. The Morgan fingerprint density at radius 3 is 2.36 bits per heavy atom. The maximum Gasteiger partial charge on any atom is 0.331 e. The zero-order valence-corrected chi connectivity index (χ0v) is 15.9. The predicted octanol–water partition coefficient (Wildman–Crippen LogP) is 4.86. The van der Waals surface area contributed by atoms with Crippen molar-refractivity contribution in [2.45, 2.75) is 58.5 Å². The van der Waals surface area contributed by atoms with Crippen LogP contribution >= 0.6 is 0 Å². The van der Waals surface area contributed by atoms with E-state index in [9.17, 15) is 9.90 Å². The fourth-order valence-corrected chi connectivity index (χ4v) is 3.31. The Kier molecular flexibility index (Phi) is 5.69. The third kappa shape index (κ3) is 4.93. The van der Waals surface area contributed by atoms with Gasteiger partial charge in [0.05, 0.1) is 0 Å². The van der Waals surface area contributed by atoms with Gasteiger partial charge < -0.3 is 5.11 Å². The van der Waals surface area contributed by atoms with Crippen LogP contribution in [0.25, 0.3) is 0 Å². The van der Waals surface area contributed by atoms with Crippen molar-refractivity contribution >= 4 is 5.97 Å². The van der Waals surface area contributed by atoms with E-state index in [0.29, 0.717) is 12.0 Å². The van der Waals surface area contributed by atoms with Crippen molar-refractivity contribution in [1.82, 2.24) is 5.32 Å². The van der Waals surface area contributed by atoms with Crippen LogP contribution in [0.4, 0.5) is 0 Å². The number of rotatable bonds is 5. The molecule has 3 nitrogen and oxygen atoms in total. The van der Waals surface area contributed by atoms with Gasteiger partial charge in [-0.2, -0.15) is 0 Å². The lowest BCUT2D eigenvalue weighted by Crippen LogP contribution is -2.53. The SMILES string of the molecule is CC1=CC=CC(C(C)(C)NC(C)(C)C2=CC=C(C(=O)O)CC=C2)=CC1. The molecule has 0 radical (unpaired) electrons. The molecule has 0 aromatic rings. The van der Waals surface area contributed by atoms with Crippen LogP contribution in [0, 0.1) is 0 Å². The molecule has 0 unspecified atom stereocenters. The average Bonchev–Trinajstić information content (AvgIpc) is 2.86. The Labute approximate surface area is 151 Å². The molecule has 134 valence electrons. The van der Waals surface area contributed by atoms with Gasteiger partial charge in [0, 0.05) is 16.7 Å². The Bertz CT molecular complexity index is 725. The van der Waals surface area contributed by atoms with Crippen LogP contribution in [0.15, 0.2) is 70.9 Å². The zero-order valence-electron chi connectivity index (χ0n) is 15.9. The van der Waals surface area contributed by atoms with E-state index in [0.717, 1.165) is 12.0 Å². The smallest absolute Gasteiger partial charge is 0.331 e. The van der Waals surface area contributed by atoms with Gasteiger partial charge in [0.2, 0.25) is 0 Å². The molecule has 2 N–H and O–H groups in total. The molecule has 0 fully saturated rings.